The Bertz CT molecular complexity index is 1610. The first kappa shape index (κ1) is 32.9. The van der Waals surface area contributed by atoms with Crippen LogP contribution in [0, 0.1) is 6.92 Å². The highest BCUT2D eigenvalue weighted by atomic mass is 79.9. The molecule has 2 N–H and O–H groups in total. The molecule has 2 fully saturated rings. The number of ether oxygens (including phenoxy) is 3. The van der Waals surface area contributed by atoms with Crippen molar-refractivity contribution in [1.29, 1.82) is 0 Å². The van der Waals surface area contributed by atoms with Gasteiger partial charge in [0.2, 0.25) is 5.95 Å². The summed E-state index contributed by atoms with van der Waals surface area (Å²) in [6.07, 6.45) is 5.28. The van der Waals surface area contributed by atoms with Crippen LogP contribution in [-0.2, 0) is 4.57 Å². The quantitative estimate of drug-likeness (QED) is 0.282. The number of piperidine rings is 1. The minimum Gasteiger partial charge on any atom is -0.494 e. The van der Waals surface area contributed by atoms with Gasteiger partial charge in [-0.15, -0.1) is 0 Å². The number of hydrogen-bond donors (Lipinski definition) is 2. The number of halogens is 1. The predicted octanol–water partition coefficient (Wildman–Crippen LogP) is 5.67. The second-order valence-corrected chi connectivity index (χ2v) is 16.7. The molecule has 6 rings (SSSR count). The predicted molar refractivity (Wildman–Crippen MR) is 189 cm³/mol. The molecule has 0 saturated carbocycles. The number of nitrogens with zero attached hydrogens (tertiary/aromatic N) is 5. The van der Waals surface area contributed by atoms with Crippen LogP contribution in [0.25, 0.3) is 0 Å². The van der Waals surface area contributed by atoms with Crippen LogP contribution in [0.5, 0.6) is 17.2 Å². The number of fused-ring (bicyclic) bond motifs is 1. The van der Waals surface area contributed by atoms with Crippen molar-refractivity contribution in [1.82, 2.24) is 19.8 Å². The summed E-state index contributed by atoms with van der Waals surface area (Å²) in [5.41, 5.74) is 3.79. The summed E-state index contributed by atoms with van der Waals surface area (Å²) >= 11 is 3.58. The first-order valence-electron chi connectivity index (χ1n) is 16.0. The maximum Gasteiger partial charge on any atom is 0.229 e. The monoisotopic (exact) mass is 713 g/mol. The lowest BCUT2D eigenvalue weighted by Crippen LogP contribution is -2.46. The molecule has 1 aromatic heterocycles. The van der Waals surface area contributed by atoms with Crippen molar-refractivity contribution < 1.29 is 18.8 Å². The number of methoxy groups -OCH3 is 1. The van der Waals surface area contributed by atoms with Gasteiger partial charge >= 0.3 is 0 Å². The van der Waals surface area contributed by atoms with E-state index in [2.05, 4.69) is 72.4 Å². The molecule has 3 aliphatic rings. The molecule has 248 valence electrons. The number of rotatable bonds is 8. The van der Waals surface area contributed by atoms with Crippen molar-refractivity contribution in [2.24, 2.45) is 0 Å². The molecule has 4 heterocycles. The summed E-state index contributed by atoms with van der Waals surface area (Å²) in [5, 5.41) is 7.32. The van der Waals surface area contributed by atoms with Gasteiger partial charge in [0.15, 0.2) is 11.5 Å². The summed E-state index contributed by atoms with van der Waals surface area (Å²) in [7, 11) is 1.17. The zero-order valence-electron chi connectivity index (χ0n) is 27.4. The third-order valence-corrected chi connectivity index (χ3v) is 11.2. The Balaban J connectivity index is 1.19. The third-order valence-electron chi connectivity index (χ3n) is 9.06. The number of nitrogens with one attached hydrogen (secondary N) is 2. The van der Waals surface area contributed by atoms with E-state index in [9.17, 15) is 4.57 Å². The summed E-state index contributed by atoms with van der Waals surface area (Å²) in [4.78, 5) is 16.9. The van der Waals surface area contributed by atoms with E-state index in [1.165, 1.54) is 44.6 Å². The van der Waals surface area contributed by atoms with Crippen molar-refractivity contribution in [2.75, 3.05) is 95.5 Å². The smallest absolute Gasteiger partial charge is 0.229 e. The molecule has 0 bridgehead atoms. The molecule has 0 amide bonds. The molecule has 3 aliphatic heterocycles. The first-order chi connectivity index (χ1) is 22.1. The molecule has 3 aromatic rings. The first-order valence-corrected chi connectivity index (χ1v) is 19.4. The Labute approximate surface area is 280 Å². The number of aryl methyl sites for hydroxylation is 1. The van der Waals surface area contributed by atoms with Crippen LogP contribution in [0.1, 0.15) is 24.8 Å². The Morgan fingerprint density at radius 1 is 1.00 bits per heavy atom. The number of anilines is 5. The van der Waals surface area contributed by atoms with Crippen molar-refractivity contribution in [2.45, 2.75) is 32.2 Å². The number of benzene rings is 2. The Morgan fingerprint density at radius 2 is 1.78 bits per heavy atom. The van der Waals surface area contributed by atoms with Crippen molar-refractivity contribution in [3.05, 3.63) is 40.5 Å². The standard InChI is InChI=1S/C33H45BrN7O4P/c1-22-19-26(29(43-3)20-27(22)41-13-9-23(10-14-41)40-12-6-11-39(2)15-16-40)37-33-35-21-24(34)32(38-33)36-25-7-8-28-30(45-18-17-44-28)31(25)46(4,5)42/h7-8,19-21,23H,6,9-18H2,1-5H3,(H2,35,36,37,38). The number of hydrogen-bond acceptors (Lipinski definition) is 11. The van der Waals surface area contributed by atoms with Crippen molar-refractivity contribution in [3.63, 3.8) is 0 Å². The third kappa shape index (κ3) is 7.25. The largest absolute Gasteiger partial charge is 0.494 e. The molecule has 0 radical (unpaired) electrons. The zero-order valence-corrected chi connectivity index (χ0v) is 29.9. The Hall–Kier alpha value is -3.05. The molecule has 0 aliphatic carbocycles. The van der Waals surface area contributed by atoms with Crippen LogP contribution in [-0.4, -0.2) is 106 Å². The number of aromatic nitrogens is 2. The average molecular weight is 715 g/mol. The molecule has 46 heavy (non-hydrogen) atoms. The maximum absolute atomic E-state index is 13.4. The lowest BCUT2D eigenvalue weighted by atomic mass is 10.0. The van der Waals surface area contributed by atoms with Crippen LogP contribution in [0.3, 0.4) is 0 Å². The lowest BCUT2D eigenvalue weighted by Gasteiger charge is -2.39. The van der Waals surface area contributed by atoms with Crippen LogP contribution in [0.4, 0.5) is 28.8 Å². The molecule has 2 aromatic carbocycles. The average Bonchev–Trinajstić information content (AvgIpc) is 3.26. The van der Waals surface area contributed by atoms with Gasteiger partial charge in [-0.3, -0.25) is 4.90 Å². The minimum atomic E-state index is -2.75. The molecule has 2 saturated heterocycles. The summed E-state index contributed by atoms with van der Waals surface area (Å²) < 4.78 is 31.6. The highest BCUT2D eigenvalue weighted by Gasteiger charge is 2.29. The van der Waals surface area contributed by atoms with Gasteiger partial charge in [-0.1, -0.05) is 0 Å². The van der Waals surface area contributed by atoms with Crippen LogP contribution >= 0.6 is 23.1 Å². The normalized spacial score (nSPS) is 18.3. The second kappa shape index (κ2) is 14.0. The van der Waals surface area contributed by atoms with E-state index in [-0.39, 0.29) is 0 Å². The molecular formula is C33H45BrN7O4P. The van der Waals surface area contributed by atoms with Gasteiger partial charge < -0.3 is 39.2 Å². The van der Waals surface area contributed by atoms with E-state index in [1.54, 1.807) is 26.6 Å². The van der Waals surface area contributed by atoms with Gasteiger partial charge in [-0.2, -0.15) is 4.98 Å². The van der Waals surface area contributed by atoms with Gasteiger partial charge in [-0.05, 0) is 99.3 Å². The fraction of sp³-hybridized carbons (Fsp3) is 0.515. The van der Waals surface area contributed by atoms with Gasteiger partial charge in [0, 0.05) is 50.2 Å². The Kier molecular flexibility index (Phi) is 9.99. The highest BCUT2D eigenvalue weighted by Crippen LogP contribution is 2.47. The molecule has 0 unspecified atom stereocenters. The fourth-order valence-corrected chi connectivity index (χ4v) is 8.35. The van der Waals surface area contributed by atoms with Gasteiger partial charge in [0.1, 0.15) is 31.9 Å². The highest BCUT2D eigenvalue weighted by molar-refractivity contribution is 9.10. The summed E-state index contributed by atoms with van der Waals surface area (Å²) in [6.45, 7) is 13.2. The second-order valence-electron chi connectivity index (χ2n) is 12.7. The van der Waals surface area contributed by atoms with Crippen molar-refractivity contribution >= 4 is 57.2 Å². The molecule has 0 atom stereocenters. The fourth-order valence-electron chi connectivity index (χ4n) is 6.69. The summed E-state index contributed by atoms with van der Waals surface area (Å²) in [6, 6.07) is 8.56. The number of likely N-dealkylation sites (N-methyl/N-ethyl adjacent to an activating group) is 1. The van der Waals surface area contributed by atoms with Gasteiger partial charge in [-0.25, -0.2) is 4.98 Å². The summed E-state index contributed by atoms with van der Waals surface area (Å²) in [5.74, 6) is 2.77. The minimum absolute atomic E-state index is 0.398. The van der Waals surface area contributed by atoms with Crippen LogP contribution in [0.2, 0.25) is 0 Å². The van der Waals surface area contributed by atoms with E-state index in [1.807, 2.05) is 12.1 Å². The Morgan fingerprint density at radius 3 is 2.54 bits per heavy atom. The van der Waals surface area contributed by atoms with E-state index in [0.29, 0.717) is 58.0 Å². The zero-order chi connectivity index (χ0) is 32.4. The van der Waals surface area contributed by atoms with E-state index in [0.717, 1.165) is 36.6 Å². The van der Waals surface area contributed by atoms with E-state index in [4.69, 9.17) is 19.2 Å². The molecular weight excluding hydrogens is 669 g/mol. The van der Waals surface area contributed by atoms with Crippen LogP contribution in [0.15, 0.2) is 34.9 Å². The van der Waals surface area contributed by atoms with E-state index >= 15 is 0 Å². The SMILES string of the molecule is COc1cc(N2CCC(N3CCCN(C)CC3)CC2)c(C)cc1Nc1ncc(Br)c(Nc2ccc3c(c2P(C)(C)=O)OCCO3)n1. The van der Waals surface area contributed by atoms with E-state index < -0.39 is 7.14 Å². The van der Waals surface area contributed by atoms with Gasteiger partial charge in [0.05, 0.1) is 28.3 Å². The topological polar surface area (TPSA) is 104 Å². The molecule has 13 heteroatoms. The molecule has 0 spiro atoms. The van der Waals surface area contributed by atoms with Crippen LogP contribution < -0.4 is 35.0 Å². The van der Waals surface area contributed by atoms with Gasteiger partial charge in [0.25, 0.3) is 0 Å². The molecule has 11 nitrogen and oxygen atoms in total. The lowest BCUT2D eigenvalue weighted by molar-refractivity contribution is 0.173. The van der Waals surface area contributed by atoms with Crippen molar-refractivity contribution in [3.8, 4) is 17.2 Å². The maximum atomic E-state index is 13.4.